The van der Waals surface area contributed by atoms with Gasteiger partial charge in [-0.05, 0) is 40.2 Å². The summed E-state index contributed by atoms with van der Waals surface area (Å²) in [5.41, 5.74) is 3.52. The van der Waals surface area contributed by atoms with Crippen molar-refractivity contribution in [2.75, 3.05) is 0 Å². The van der Waals surface area contributed by atoms with Crippen molar-refractivity contribution in [3.05, 3.63) is 34.5 Å². The Morgan fingerprint density at radius 3 is 2.25 bits per heavy atom. The third kappa shape index (κ3) is 2.00. The van der Waals surface area contributed by atoms with Gasteiger partial charge in [-0.25, -0.2) is 4.79 Å². The van der Waals surface area contributed by atoms with Crippen LogP contribution in [0.15, 0.2) is 12.1 Å². The van der Waals surface area contributed by atoms with Crippen molar-refractivity contribution >= 4 is 16.9 Å². The van der Waals surface area contributed by atoms with E-state index in [1.165, 1.54) is 0 Å². The fraction of sp³-hybridized carbons (Fsp3) is 0.438. The second kappa shape index (κ2) is 4.94. The van der Waals surface area contributed by atoms with E-state index < -0.39 is 12.1 Å². The maximum atomic E-state index is 11.6. The molecule has 4 nitrogen and oxygen atoms in total. The number of aromatic nitrogens is 1. The molecule has 0 aliphatic carbocycles. The summed E-state index contributed by atoms with van der Waals surface area (Å²) in [6.45, 7) is 9.49. The highest BCUT2D eigenvalue weighted by Gasteiger charge is 2.24. The lowest BCUT2D eigenvalue weighted by Gasteiger charge is -2.15. The minimum absolute atomic E-state index is 0.130. The summed E-state index contributed by atoms with van der Waals surface area (Å²) in [6.07, 6.45) is -0.623. The van der Waals surface area contributed by atoms with Crippen LogP contribution in [0.25, 0.3) is 10.9 Å². The van der Waals surface area contributed by atoms with E-state index in [2.05, 4.69) is 0 Å². The average molecular weight is 275 g/mol. The molecule has 0 aliphatic rings. The van der Waals surface area contributed by atoms with E-state index >= 15 is 0 Å². The zero-order valence-corrected chi connectivity index (χ0v) is 12.6. The molecular weight excluding hydrogens is 254 g/mol. The molecule has 2 aromatic rings. The number of carboxylic acids is 1. The second-order valence-electron chi connectivity index (χ2n) is 5.60. The number of carbonyl (C=O) groups is 1. The van der Waals surface area contributed by atoms with Crippen LogP contribution in [0.1, 0.15) is 60.1 Å². The molecule has 0 radical (unpaired) electrons. The molecule has 1 aromatic heterocycles. The predicted molar refractivity (Wildman–Crippen MR) is 79.4 cm³/mol. The van der Waals surface area contributed by atoms with Gasteiger partial charge < -0.3 is 14.8 Å². The number of fused-ring (bicyclic) bond motifs is 1. The van der Waals surface area contributed by atoms with Crippen LogP contribution >= 0.6 is 0 Å². The third-order valence-corrected chi connectivity index (χ3v) is 3.82. The first-order chi connectivity index (χ1) is 9.27. The summed E-state index contributed by atoms with van der Waals surface area (Å²) in [4.78, 5) is 11.6. The van der Waals surface area contributed by atoms with Crippen molar-refractivity contribution in [1.29, 1.82) is 0 Å². The van der Waals surface area contributed by atoms with Crippen LogP contribution in [-0.2, 0) is 0 Å². The van der Waals surface area contributed by atoms with E-state index in [4.69, 9.17) is 0 Å². The molecule has 0 amide bonds. The number of aryl methyl sites for hydroxylation is 1. The molecule has 2 rings (SSSR count). The molecule has 0 saturated heterocycles. The largest absolute Gasteiger partial charge is 0.478 e. The lowest BCUT2D eigenvalue weighted by molar-refractivity contribution is 0.0698. The Morgan fingerprint density at radius 2 is 1.80 bits per heavy atom. The van der Waals surface area contributed by atoms with Crippen LogP contribution in [0.4, 0.5) is 0 Å². The molecule has 4 heteroatoms. The number of aromatic carboxylic acids is 1. The highest BCUT2D eigenvalue weighted by atomic mass is 16.4. The van der Waals surface area contributed by atoms with Crippen molar-refractivity contribution < 1.29 is 15.0 Å². The minimum Gasteiger partial charge on any atom is -0.478 e. The van der Waals surface area contributed by atoms with Crippen LogP contribution in [0, 0.1) is 13.8 Å². The SMILES string of the molecule is Cc1ccc2c(C(C)O)c(C)n(C(C)C)c2c1C(=O)O. The van der Waals surface area contributed by atoms with Gasteiger partial charge in [0.1, 0.15) is 0 Å². The number of benzene rings is 1. The minimum atomic E-state index is -0.926. The van der Waals surface area contributed by atoms with E-state index in [1.807, 2.05) is 37.5 Å². The molecule has 1 atom stereocenters. The van der Waals surface area contributed by atoms with Crippen LogP contribution in [0.5, 0.6) is 0 Å². The van der Waals surface area contributed by atoms with Crippen molar-refractivity contribution in [1.82, 2.24) is 4.57 Å². The number of carboxylic acid groups (broad SMARTS) is 1. The van der Waals surface area contributed by atoms with E-state index in [9.17, 15) is 15.0 Å². The Hall–Kier alpha value is -1.81. The number of aliphatic hydroxyl groups excluding tert-OH is 1. The Bertz CT molecular complexity index is 681. The van der Waals surface area contributed by atoms with Gasteiger partial charge in [-0.15, -0.1) is 0 Å². The number of rotatable bonds is 3. The first-order valence-electron chi connectivity index (χ1n) is 6.82. The fourth-order valence-corrected chi connectivity index (χ4v) is 3.09. The van der Waals surface area contributed by atoms with Crippen molar-refractivity contribution in [3.8, 4) is 0 Å². The van der Waals surface area contributed by atoms with Gasteiger partial charge in [0.25, 0.3) is 0 Å². The maximum absolute atomic E-state index is 11.6. The highest BCUT2D eigenvalue weighted by Crippen LogP contribution is 2.36. The molecule has 1 unspecified atom stereocenters. The maximum Gasteiger partial charge on any atom is 0.338 e. The zero-order valence-electron chi connectivity index (χ0n) is 12.6. The molecule has 1 heterocycles. The molecule has 20 heavy (non-hydrogen) atoms. The standard InChI is InChI=1S/C16H21NO3/c1-8(2)17-10(4)14(11(5)18)12-7-6-9(3)13(15(12)17)16(19)20/h6-8,11,18H,1-5H3,(H,19,20). The summed E-state index contributed by atoms with van der Waals surface area (Å²) >= 11 is 0. The van der Waals surface area contributed by atoms with E-state index in [-0.39, 0.29) is 6.04 Å². The van der Waals surface area contributed by atoms with Gasteiger partial charge in [-0.1, -0.05) is 12.1 Å². The number of aliphatic hydroxyl groups is 1. The van der Waals surface area contributed by atoms with Gasteiger partial charge >= 0.3 is 5.97 Å². The molecule has 108 valence electrons. The quantitative estimate of drug-likeness (QED) is 0.899. The second-order valence-corrected chi connectivity index (χ2v) is 5.60. The van der Waals surface area contributed by atoms with E-state index in [1.54, 1.807) is 13.8 Å². The Morgan fingerprint density at radius 1 is 1.20 bits per heavy atom. The monoisotopic (exact) mass is 275 g/mol. The van der Waals surface area contributed by atoms with Gasteiger partial charge in [-0.3, -0.25) is 0 Å². The summed E-state index contributed by atoms with van der Waals surface area (Å²) in [6, 6.07) is 3.84. The van der Waals surface area contributed by atoms with Gasteiger partial charge in [-0.2, -0.15) is 0 Å². The zero-order chi connectivity index (χ0) is 15.2. The molecule has 0 spiro atoms. The van der Waals surface area contributed by atoms with Crippen LogP contribution in [-0.4, -0.2) is 20.7 Å². The summed E-state index contributed by atoms with van der Waals surface area (Å²) < 4.78 is 2.01. The first-order valence-corrected chi connectivity index (χ1v) is 6.82. The Kier molecular flexibility index (Phi) is 3.61. The van der Waals surface area contributed by atoms with Crippen LogP contribution in [0.2, 0.25) is 0 Å². The lowest BCUT2D eigenvalue weighted by Crippen LogP contribution is -2.08. The predicted octanol–water partition coefficient (Wildman–Crippen LogP) is 3.59. The van der Waals surface area contributed by atoms with Crippen molar-refractivity contribution in [2.45, 2.75) is 46.8 Å². The molecular formula is C16H21NO3. The summed E-state index contributed by atoms with van der Waals surface area (Å²) in [5, 5.41) is 20.4. The topological polar surface area (TPSA) is 62.5 Å². The van der Waals surface area contributed by atoms with Gasteiger partial charge in [0, 0.05) is 22.7 Å². The molecule has 2 N–H and O–H groups in total. The molecule has 0 saturated carbocycles. The summed E-state index contributed by atoms with van der Waals surface area (Å²) in [7, 11) is 0. The van der Waals surface area contributed by atoms with Crippen LogP contribution < -0.4 is 0 Å². The molecule has 0 fully saturated rings. The normalized spacial score (nSPS) is 13.2. The first kappa shape index (κ1) is 14.6. The lowest BCUT2D eigenvalue weighted by atomic mass is 10.0. The molecule has 0 bridgehead atoms. The van der Waals surface area contributed by atoms with E-state index in [0.717, 1.165) is 22.2 Å². The number of hydrogen-bond donors (Lipinski definition) is 2. The van der Waals surface area contributed by atoms with E-state index in [0.29, 0.717) is 11.1 Å². The van der Waals surface area contributed by atoms with Gasteiger partial charge in [0.05, 0.1) is 17.2 Å². The fourth-order valence-electron chi connectivity index (χ4n) is 3.09. The van der Waals surface area contributed by atoms with Crippen LogP contribution in [0.3, 0.4) is 0 Å². The summed E-state index contributed by atoms with van der Waals surface area (Å²) in [5.74, 6) is -0.926. The highest BCUT2D eigenvalue weighted by molar-refractivity contribution is 6.05. The van der Waals surface area contributed by atoms with Gasteiger partial charge in [0.2, 0.25) is 0 Å². The molecule has 0 aliphatic heterocycles. The smallest absolute Gasteiger partial charge is 0.338 e. The average Bonchev–Trinajstić information content (AvgIpc) is 2.60. The van der Waals surface area contributed by atoms with Crippen molar-refractivity contribution in [2.24, 2.45) is 0 Å². The van der Waals surface area contributed by atoms with Crippen molar-refractivity contribution in [3.63, 3.8) is 0 Å². The Labute approximate surface area is 118 Å². The number of hydrogen-bond acceptors (Lipinski definition) is 2. The Balaban J connectivity index is 3.05. The third-order valence-electron chi connectivity index (χ3n) is 3.82. The van der Waals surface area contributed by atoms with Gasteiger partial charge in [0.15, 0.2) is 0 Å². The molecule has 1 aromatic carbocycles. The number of nitrogens with zero attached hydrogens (tertiary/aromatic N) is 1.